The Morgan fingerprint density at radius 3 is 2.87 bits per heavy atom. The van der Waals surface area contributed by atoms with E-state index in [-0.39, 0.29) is 22.8 Å². The van der Waals surface area contributed by atoms with Crippen LogP contribution in [0.4, 0.5) is 30.4 Å². The number of aromatic nitrogens is 2. The monoisotopic (exact) mass is 421 g/mol. The quantitative estimate of drug-likeness (QED) is 0.549. The Labute approximate surface area is 170 Å². The normalized spacial score (nSPS) is 14.6. The summed E-state index contributed by atoms with van der Waals surface area (Å²) in [6.07, 6.45) is -3.60. The van der Waals surface area contributed by atoms with Crippen LogP contribution < -0.4 is 20.1 Å². The van der Waals surface area contributed by atoms with Gasteiger partial charge in [0.1, 0.15) is 24.7 Å². The van der Waals surface area contributed by atoms with Crippen molar-refractivity contribution in [2.45, 2.75) is 19.1 Å². The topological polar surface area (TPSA) is 80.4 Å². The summed E-state index contributed by atoms with van der Waals surface area (Å²) >= 11 is 0. The molecule has 0 spiro atoms. The molecule has 0 bridgehead atoms. The van der Waals surface area contributed by atoms with E-state index in [1.54, 1.807) is 12.1 Å². The van der Waals surface area contributed by atoms with E-state index in [0.29, 0.717) is 42.8 Å². The van der Waals surface area contributed by atoms with Crippen molar-refractivity contribution in [3.63, 3.8) is 0 Å². The number of anilines is 3. The predicted molar refractivity (Wildman–Crippen MR) is 106 cm³/mol. The second kappa shape index (κ2) is 7.94. The summed E-state index contributed by atoms with van der Waals surface area (Å²) in [5.41, 5.74) is 0.183. The molecular weight excluding hydrogens is 401 g/mol. The number of fused-ring (bicyclic) bond motifs is 2. The summed E-state index contributed by atoms with van der Waals surface area (Å²) < 4.78 is 56.8. The van der Waals surface area contributed by atoms with Gasteiger partial charge in [-0.05, 0) is 19.1 Å². The molecule has 1 aromatic carbocycles. The summed E-state index contributed by atoms with van der Waals surface area (Å²) in [7, 11) is 1.53. The highest BCUT2D eigenvalue weighted by molar-refractivity contribution is 5.95. The van der Waals surface area contributed by atoms with Gasteiger partial charge in [0.15, 0.2) is 11.5 Å². The lowest BCUT2D eigenvalue weighted by Gasteiger charge is -2.21. The fourth-order valence-corrected chi connectivity index (χ4v) is 3.33. The number of rotatable bonds is 6. The van der Waals surface area contributed by atoms with Crippen molar-refractivity contribution in [1.82, 2.24) is 9.97 Å². The Balaban J connectivity index is 1.76. The molecule has 159 valence electrons. The zero-order chi connectivity index (χ0) is 21.3. The average molecular weight is 421 g/mol. The third-order valence-electron chi connectivity index (χ3n) is 4.52. The number of methoxy groups -OCH3 is 1. The van der Waals surface area contributed by atoms with Crippen molar-refractivity contribution >= 4 is 28.2 Å². The first-order valence-electron chi connectivity index (χ1n) is 9.29. The van der Waals surface area contributed by atoms with Gasteiger partial charge in [-0.1, -0.05) is 0 Å². The van der Waals surface area contributed by atoms with Crippen LogP contribution in [-0.2, 0) is 10.9 Å². The maximum atomic E-state index is 13.5. The van der Waals surface area contributed by atoms with Crippen LogP contribution in [0.15, 0.2) is 24.4 Å². The average Bonchev–Trinajstić information content (AvgIpc) is 3.13. The number of nitrogens with zero attached hydrogens (tertiary/aromatic N) is 1. The predicted octanol–water partition coefficient (Wildman–Crippen LogP) is 4.34. The Morgan fingerprint density at radius 2 is 2.10 bits per heavy atom. The second-order valence-electron chi connectivity index (χ2n) is 6.85. The summed E-state index contributed by atoms with van der Waals surface area (Å²) in [6.45, 7) is 2.95. The molecule has 0 fully saturated rings. The van der Waals surface area contributed by atoms with Gasteiger partial charge in [-0.15, -0.1) is 0 Å². The van der Waals surface area contributed by atoms with Crippen molar-refractivity contribution in [3.8, 4) is 11.5 Å². The minimum Gasteiger partial charge on any atom is -0.485 e. The number of aromatic amines is 1. The molecule has 1 aliphatic rings. The first-order valence-corrected chi connectivity index (χ1v) is 9.29. The maximum Gasteiger partial charge on any atom is 0.418 e. The summed E-state index contributed by atoms with van der Waals surface area (Å²) in [5, 5.41) is 6.17. The van der Waals surface area contributed by atoms with Gasteiger partial charge < -0.3 is 29.8 Å². The third-order valence-corrected chi connectivity index (χ3v) is 4.52. The fraction of sp³-hybridized carbons (Fsp3) is 0.350. The largest absolute Gasteiger partial charge is 0.485 e. The van der Waals surface area contributed by atoms with Gasteiger partial charge >= 0.3 is 6.18 Å². The van der Waals surface area contributed by atoms with Crippen LogP contribution >= 0.6 is 0 Å². The van der Waals surface area contributed by atoms with E-state index in [4.69, 9.17) is 14.2 Å². The smallest absolute Gasteiger partial charge is 0.418 e. The molecular formula is C20H20F3N4O3. The van der Waals surface area contributed by atoms with E-state index < -0.39 is 11.7 Å². The molecule has 0 amide bonds. The van der Waals surface area contributed by atoms with Gasteiger partial charge in [-0.3, -0.25) is 0 Å². The molecule has 7 nitrogen and oxygen atoms in total. The molecule has 3 N–H and O–H groups in total. The second-order valence-corrected chi connectivity index (χ2v) is 6.85. The van der Waals surface area contributed by atoms with Gasteiger partial charge in [0.2, 0.25) is 0 Å². The standard InChI is InChI=1S/C20H20F3N4O3/c1-11(10-28-2)25-14-8-16(27-19-17(14)12(9-24-19)20(21,22)23)26-13-4-3-5-15-18(13)30-7-6-29-15/h3-4,8-9,11H,6-7,10H2,1-2H3,(H3,24,25,26,27)/t11-/m1/s1. The molecule has 1 atom stereocenters. The molecule has 30 heavy (non-hydrogen) atoms. The zero-order valence-corrected chi connectivity index (χ0v) is 16.3. The summed E-state index contributed by atoms with van der Waals surface area (Å²) in [6, 6.07) is 7.66. The van der Waals surface area contributed by atoms with E-state index in [9.17, 15) is 13.2 Å². The molecule has 4 rings (SSSR count). The summed E-state index contributed by atoms with van der Waals surface area (Å²) in [5.74, 6) is 1.29. The van der Waals surface area contributed by atoms with E-state index in [1.807, 2.05) is 6.92 Å². The Kier molecular flexibility index (Phi) is 5.33. The van der Waals surface area contributed by atoms with Crippen molar-refractivity contribution in [2.75, 3.05) is 37.6 Å². The molecule has 0 aliphatic carbocycles. The molecule has 10 heteroatoms. The highest BCUT2D eigenvalue weighted by Gasteiger charge is 2.35. The zero-order valence-electron chi connectivity index (χ0n) is 16.3. The molecule has 0 saturated heterocycles. The Hall–Kier alpha value is -3.14. The van der Waals surface area contributed by atoms with E-state index in [1.165, 1.54) is 13.2 Å². The first kappa shape index (κ1) is 20.1. The highest BCUT2D eigenvalue weighted by Crippen LogP contribution is 2.41. The number of hydrogen-bond acceptors (Lipinski definition) is 6. The number of nitrogens with one attached hydrogen (secondary N) is 3. The molecule has 1 aliphatic heterocycles. The number of pyridine rings is 1. The highest BCUT2D eigenvalue weighted by atomic mass is 19.4. The van der Waals surface area contributed by atoms with Crippen LogP contribution in [0.1, 0.15) is 12.5 Å². The lowest BCUT2D eigenvalue weighted by Crippen LogP contribution is -2.21. The fourth-order valence-electron chi connectivity index (χ4n) is 3.33. The minimum atomic E-state index is -4.52. The molecule has 3 heterocycles. The molecule has 1 radical (unpaired) electrons. The lowest BCUT2D eigenvalue weighted by atomic mass is 10.1. The van der Waals surface area contributed by atoms with E-state index in [2.05, 4.69) is 26.7 Å². The van der Waals surface area contributed by atoms with Gasteiger partial charge in [-0.25, -0.2) is 4.98 Å². The number of ether oxygens (including phenoxy) is 3. The van der Waals surface area contributed by atoms with Gasteiger partial charge in [0.05, 0.1) is 23.2 Å². The van der Waals surface area contributed by atoms with Crippen LogP contribution in [0.3, 0.4) is 0 Å². The number of H-pyrrole nitrogens is 1. The summed E-state index contributed by atoms with van der Waals surface area (Å²) in [4.78, 5) is 6.95. The van der Waals surface area contributed by atoms with Crippen LogP contribution in [0.5, 0.6) is 11.5 Å². The van der Waals surface area contributed by atoms with E-state index in [0.717, 1.165) is 6.20 Å². The van der Waals surface area contributed by atoms with Crippen LogP contribution in [0.25, 0.3) is 11.0 Å². The van der Waals surface area contributed by atoms with Crippen molar-refractivity contribution in [1.29, 1.82) is 0 Å². The van der Waals surface area contributed by atoms with Gasteiger partial charge in [0, 0.05) is 37.2 Å². The lowest BCUT2D eigenvalue weighted by molar-refractivity contribution is -0.136. The van der Waals surface area contributed by atoms with Crippen molar-refractivity contribution < 1.29 is 27.4 Å². The first-order chi connectivity index (χ1) is 14.4. The Morgan fingerprint density at radius 1 is 1.30 bits per heavy atom. The molecule has 0 unspecified atom stereocenters. The number of hydrogen-bond donors (Lipinski definition) is 3. The van der Waals surface area contributed by atoms with Gasteiger partial charge in [-0.2, -0.15) is 13.2 Å². The van der Waals surface area contributed by atoms with Gasteiger partial charge in [0.25, 0.3) is 0 Å². The SMILES string of the molecule is COC[C@@H](C)Nc1cc(Nc2cc[c]c3c2OCCO3)nc2[nH]cc(C(F)(F)F)c12. The number of alkyl halides is 3. The van der Waals surface area contributed by atoms with Crippen molar-refractivity contribution in [3.05, 3.63) is 36.0 Å². The third kappa shape index (κ3) is 3.95. The van der Waals surface area contributed by atoms with Crippen LogP contribution in [-0.4, -0.2) is 42.9 Å². The minimum absolute atomic E-state index is 0.0287. The molecule has 0 saturated carbocycles. The van der Waals surface area contributed by atoms with E-state index >= 15 is 0 Å². The molecule has 2 aromatic heterocycles. The van der Waals surface area contributed by atoms with Crippen molar-refractivity contribution in [2.24, 2.45) is 0 Å². The molecule has 3 aromatic rings. The van der Waals surface area contributed by atoms with Crippen LogP contribution in [0.2, 0.25) is 0 Å². The Bertz CT molecular complexity index is 1050. The number of halogens is 3. The maximum absolute atomic E-state index is 13.5. The number of benzene rings is 1. The van der Waals surface area contributed by atoms with Crippen LogP contribution in [0, 0.1) is 6.07 Å².